The van der Waals surface area contributed by atoms with Gasteiger partial charge in [-0.2, -0.15) is 0 Å². The van der Waals surface area contributed by atoms with Crippen molar-refractivity contribution in [1.82, 2.24) is 0 Å². The molecule has 5 nitrogen and oxygen atoms in total. The Labute approximate surface area is 181 Å². The van der Waals surface area contributed by atoms with Crippen molar-refractivity contribution < 1.29 is 24.2 Å². The van der Waals surface area contributed by atoms with Gasteiger partial charge < -0.3 is 14.6 Å². The van der Waals surface area contributed by atoms with Crippen LogP contribution in [-0.2, 0) is 19.1 Å². The molecule has 0 saturated heterocycles. The van der Waals surface area contributed by atoms with Crippen LogP contribution in [-0.4, -0.2) is 36.4 Å². The molecule has 0 amide bonds. The van der Waals surface area contributed by atoms with Gasteiger partial charge in [-0.15, -0.1) is 0 Å². The lowest BCUT2D eigenvalue weighted by atomic mass is 9.40. The number of rotatable bonds is 5. The summed E-state index contributed by atoms with van der Waals surface area (Å²) < 4.78 is 10.4. The number of ether oxygens (including phenoxy) is 2. The van der Waals surface area contributed by atoms with E-state index in [0.717, 1.165) is 12.8 Å². The second kappa shape index (κ2) is 8.29. The van der Waals surface area contributed by atoms with Crippen molar-refractivity contribution in [3.63, 3.8) is 0 Å². The summed E-state index contributed by atoms with van der Waals surface area (Å²) in [7, 11) is 0. The minimum absolute atomic E-state index is 0.0983. The molecule has 2 saturated carbocycles. The first-order chi connectivity index (χ1) is 13.9. The molecule has 170 valence electrons. The predicted molar refractivity (Wildman–Crippen MR) is 115 cm³/mol. The molecule has 2 fully saturated rings. The van der Waals surface area contributed by atoms with Gasteiger partial charge in [-0.25, -0.2) is 0 Å². The highest BCUT2D eigenvalue weighted by molar-refractivity contribution is 5.74. The molecule has 1 unspecified atom stereocenters. The van der Waals surface area contributed by atoms with E-state index >= 15 is 0 Å². The van der Waals surface area contributed by atoms with Gasteiger partial charge in [0.1, 0.15) is 19.3 Å². The summed E-state index contributed by atoms with van der Waals surface area (Å²) in [4.78, 5) is 24.1. The lowest BCUT2D eigenvalue weighted by molar-refractivity contribution is -0.176. The topological polar surface area (TPSA) is 72.8 Å². The summed E-state index contributed by atoms with van der Waals surface area (Å²) >= 11 is 0. The van der Waals surface area contributed by atoms with E-state index < -0.39 is 12.1 Å². The zero-order chi connectivity index (χ0) is 22.3. The highest BCUT2D eigenvalue weighted by Crippen LogP contribution is 2.67. The Hall–Kier alpha value is -1.36. The van der Waals surface area contributed by atoms with Crippen LogP contribution in [0.1, 0.15) is 73.6 Å². The third kappa shape index (κ3) is 4.06. The van der Waals surface area contributed by atoms with Crippen LogP contribution in [0.15, 0.2) is 12.2 Å². The highest BCUT2D eigenvalue weighted by atomic mass is 16.6. The van der Waals surface area contributed by atoms with E-state index in [2.05, 4.69) is 46.8 Å². The smallest absolute Gasteiger partial charge is 0.310 e. The van der Waals surface area contributed by atoms with Gasteiger partial charge in [0.2, 0.25) is 0 Å². The van der Waals surface area contributed by atoms with E-state index in [-0.39, 0.29) is 41.8 Å². The molecule has 30 heavy (non-hydrogen) atoms. The van der Waals surface area contributed by atoms with Gasteiger partial charge in [-0.1, -0.05) is 53.2 Å². The summed E-state index contributed by atoms with van der Waals surface area (Å²) in [5.74, 6) is 0.193. The standard InChI is InChI=1S/C25H40O5/c1-16-8-9-20-24(5)12-7-11-23(3,4)19(24)10-13-25(20,6)21(16)22(28)30-15-18(27)14-29-17(2)26/h8-9,16,18-21,27H,7,10-15H2,1-6H3/t16-,18-,19-,20?,21-,24-,25+/m0/s1. The zero-order valence-electron chi connectivity index (χ0n) is 19.6. The third-order valence-electron chi connectivity index (χ3n) is 8.66. The lowest BCUT2D eigenvalue weighted by Gasteiger charge is -2.64. The molecule has 0 aromatic rings. The molecule has 0 aliphatic heterocycles. The normalized spacial score (nSPS) is 40.6. The number of fused-ring (bicyclic) bond motifs is 3. The molecule has 0 radical (unpaired) electrons. The summed E-state index contributed by atoms with van der Waals surface area (Å²) in [6.45, 7) is 12.7. The molecular formula is C25H40O5. The third-order valence-corrected chi connectivity index (χ3v) is 8.66. The van der Waals surface area contributed by atoms with Crippen molar-refractivity contribution in [2.75, 3.05) is 13.2 Å². The molecule has 1 N–H and O–H groups in total. The molecule has 0 bridgehead atoms. The second-order valence-corrected chi connectivity index (χ2v) is 11.2. The Morgan fingerprint density at radius 2 is 1.70 bits per heavy atom. The molecule has 0 aromatic carbocycles. The van der Waals surface area contributed by atoms with E-state index in [1.165, 1.54) is 26.2 Å². The van der Waals surface area contributed by atoms with Gasteiger partial charge >= 0.3 is 11.9 Å². The van der Waals surface area contributed by atoms with Gasteiger partial charge in [-0.05, 0) is 59.7 Å². The number of hydrogen-bond donors (Lipinski definition) is 1. The van der Waals surface area contributed by atoms with Crippen LogP contribution in [0, 0.1) is 39.9 Å². The maximum Gasteiger partial charge on any atom is 0.310 e. The van der Waals surface area contributed by atoms with Crippen LogP contribution < -0.4 is 0 Å². The molecule has 3 aliphatic rings. The fourth-order valence-electron chi connectivity index (χ4n) is 7.42. The summed E-state index contributed by atoms with van der Waals surface area (Å²) in [5, 5.41) is 9.99. The maximum absolute atomic E-state index is 13.2. The average Bonchev–Trinajstić information content (AvgIpc) is 2.63. The Morgan fingerprint density at radius 1 is 1.03 bits per heavy atom. The number of carbonyl (C=O) groups is 2. The van der Waals surface area contributed by atoms with Gasteiger partial charge in [0.15, 0.2) is 0 Å². The van der Waals surface area contributed by atoms with Crippen molar-refractivity contribution in [1.29, 1.82) is 0 Å². The first-order valence-electron chi connectivity index (χ1n) is 11.6. The number of hydrogen-bond acceptors (Lipinski definition) is 5. The van der Waals surface area contributed by atoms with Crippen molar-refractivity contribution in [2.45, 2.75) is 79.8 Å². The van der Waals surface area contributed by atoms with E-state index in [0.29, 0.717) is 17.3 Å². The van der Waals surface area contributed by atoms with Crippen molar-refractivity contribution in [3.05, 3.63) is 12.2 Å². The molecular weight excluding hydrogens is 380 g/mol. The van der Waals surface area contributed by atoms with Gasteiger partial charge in [0.25, 0.3) is 0 Å². The van der Waals surface area contributed by atoms with Crippen LogP contribution >= 0.6 is 0 Å². The van der Waals surface area contributed by atoms with E-state index in [4.69, 9.17) is 9.47 Å². The van der Waals surface area contributed by atoms with Crippen LogP contribution in [0.25, 0.3) is 0 Å². The molecule has 7 atom stereocenters. The number of allylic oxidation sites excluding steroid dienone is 2. The molecule has 5 heteroatoms. The van der Waals surface area contributed by atoms with Gasteiger partial charge in [-0.3, -0.25) is 9.59 Å². The average molecular weight is 421 g/mol. The number of carbonyl (C=O) groups excluding carboxylic acids is 2. The van der Waals surface area contributed by atoms with E-state index in [1.54, 1.807) is 0 Å². The quantitative estimate of drug-likeness (QED) is 0.523. The summed E-state index contributed by atoms with van der Waals surface area (Å²) in [6.07, 6.45) is 9.52. The second-order valence-electron chi connectivity index (χ2n) is 11.2. The molecule has 0 spiro atoms. The predicted octanol–water partition coefficient (Wildman–Crippen LogP) is 4.52. The Kier molecular flexibility index (Phi) is 6.44. The first kappa shape index (κ1) is 23.3. The van der Waals surface area contributed by atoms with Crippen LogP contribution in [0.4, 0.5) is 0 Å². The van der Waals surface area contributed by atoms with Gasteiger partial charge in [0, 0.05) is 6.92 Å². The summed E-state index contributed by atoms with van der Waals surface area (Å²) in [5.41, 5.74) is 0.381. The Morgan fingerprint density at radius 3 is 2.37 bits per heavy atom. The largest absolute Gasteiger partial charge is 0.463 e. The van der Waals surface area contributed by atoms with Crippen LogP contribution in [0.2, 0.25) is 0 Å². The number of aliphatic hydroxyl groups excluding tert-OH is 1. The molecule has 0 heterocycles. The number of aliphatic hydroxyl groups is 1. The van der Waals surface area contributed by atoms with Crippen LogP contribution in [0.5, 0.6) is 0 Å². The van der Waals surface area contributed by atoms with Crippen molar-refractivity contribution in [3.8, 4) is 0 Å². The van der Waals surface area contributed by atoms with E-state index in [9.17, 15) is 14.7 Å². The van der Waals surface area contributed by atoms with Crippen LogP contribution in [0.3, 0.4) is 0 Å². The number of esters is 2. The molecule has 3 rings (SSSR count). The summed E-state index contributed by atoms with van der Waals surface area (Å²) in [6, 6.07) is 0. The fraction of sp³-hybridized carbons (Fsp3) is 0.840. The van der Waals surface area contributed by atoms with Crippen molar-refractivity contribution in [2.24, 2.45) is 39.9 Å². The highest BCUT2D eigenvalue weighted by Gasteiger charge is 2.62. The fourth-order valence-corrected chi connectivity index (χ4v) is 7.42. The molecule has 0 aromatic heterocycles. The monoisotopic (exact) mass is 420 g/mol. The molecule has 3 aliphatic carbocycles. The zero-order valence-corrected chi connectivity index (χ0v) is 19.6. The lowest BCUT2D eigenvalue weighted by Crippen LogP contribution is -2.59. The Balaban J connectivity index is 1.78. The minimum atomic E-state index is -0.997. The first-order valence-corrected chi connectivity index (χ1v) is 11.6. The van der Waals surface area contributed by atoms with Gasteiger partial charge in [0.05, 0.1) is 5.92 Å². The van der Waals surface area contributed by atoms with Crippen molar-refractivity contribution >= 4 is 11.9 Å². The maximum atomic E-state index is 13.2. The minimum Gasteiger partial charge on any atom is -0.463 e. The van der Waals surface area contributed by atoms with E-state index in [1.807, 2.05) is 0 Å². The Bertz CT molecular complexity index is 698. The SMILES string of the molecule is CC(=O)OC[C@H](O)COC(=O)[C@@H]1[C@@H](C)C=CC2[C@@]1(C)CC[C@H]1C(C)(C)CCC[C@]21C.